The number of benzene rings is 11. The fourth-order valence-electron chi connectivity index (χ4n) is 10.6. The Kier molecular flexibility index (Phi) is 10.4. The second-order valence-corrected chi connectivity index (χ2v) is 21.2. The summed E-state index contributed by atoms with van der Waals surface area (Å²) in [5, 5.41) is 7.50. The molecule has 14 rings (SSSR count). The summed E-state index contributed by atoms with van der Waals surface area (Å²) in [6.07, 6.45) is 0. The Hall–Kier alpha value is -8.52. The molecule has 3 aromatic heterocycles. The van der Waals surface area contributed by atoms with E-state index in [0.29, 0.717) is 0 Å². The third-order valence-corrected chi connectivity index (χ3v) is 17.4. The van der Waals surface area contributed by atoms with Gasteiger partial charge in [-0.2, -0.15) is 0 Å². The van der Waals surface area contributed by atoms with Gasteiger partial charge in [0.25, 0.3) is 0 Å². The molecule has 0 saturated heterocycles. The van der Waals surface area contributed by atoms with E-state index in [0.717, 1.165) is 51.2 Å². The van der Waals surface area contributed by atoms with Crippen LogP contribution in [0.15, 0.2) is 261 Å². The molecule has 0 atom stereocenters. The Labute approximate surface area is 429 Å². The van der Waals surface area contributed by atoms with Gasteiger partial charge in [-0.1, -0.05) is 158 Å². The van der Waals surface area contributed by atoms with Gasteiger partial charge in [0, 0.05) is 80.5 Å². The first-order valence-electron chi connectivity index (χ1n) is 24.2. The average Bonchev–Trinajstić information content (AvgIpc) is 4.15. The number of rotatable bonds is 10. The fourth-order valence-corrected chi connectivity index (χ4v) is 14.1. The van der Waals surface area contributed by atoms with Gasteiger partial charge in [0.05, 0.1) is 31.2 Å². The van der Waals surface area contributed by atoms with Crippen LogP contribution in [-0.4, -0.2) is 0 Å². The number of nitrogens with zero attached hydrogens (tertiary/aromatic N) is 3. The molecule has 0 bridgehead atoms. The van der Waals surface area contributed by atoms with Crippen molar-refractivity contribution in [2.45, 2.75) is 0 Å². The Bertz CT molecular complexity index is 4290. The largest absolute Gasteiger partial charge is 0.310 e. The molecule has 0 N–H and O–H groups in total. The minimum atomic E-state index is 1.08. The summed E-state index contributed by atoms with van der Waals surface area (Å²) in [6.45, 7) is 0. The SMILES string of the molecule is c1ccc(-c2cccc(N(c3ccccc3)c3ccc4sc5c(N(c6ccccc6)c6cccc7c6sc6ccccc67)cc(N(c6ccccc6)c6cccc7c6sc6ccccc67)cc5c4c3)c2)cc1. The van der Waals surface area contributed by atoms with Crippen LogP contribution in [0.25, 0.3) is 71.6 Å². The molecular weight excluding hydrogens is 931 g/mol. The topological polar surface area (TPSA) is 9.72 Å². The molecule has 0 unspecified atom stereocenters. The highest BCUT2D eigenvalue weighted by Gasteiger charge is 2.26. The minimum absolute atomic E-state index is 1.08. The Morgan fingerprint density at radius 1 is 0.208 bits per heavy atom. The zero-order valence-electron chi connectivity index (χ0n) is 38.9. The minimum Gasteiger partial charge on any atom is -0.310 e. The van der Waals surface area contributed by atoms with Gasteiger partial charge in [-0.05, 0) is 114 Å². The van der Waals surface area contributed by atoms with Crippen LogP contribution in [0.3, 0.4) is 0 Å². The highest BCUT2D eigenvalue weighted by Crippen LogP contribution is 2.53. The van der Waals surface area contributed by atoms with Crippen LogP contribution in [0.5, 0.6) is 0 Å². The molecule has 0 amide bonds. The molecule has 11 aromatic carbocycles. The van der Waals surface area contributed by atoms with Crippen molar-refractivity contribution in [1.29, 1.82) is 0 Å². The molecule has 0 saturated carbocycles. The van der Waals surface area contributed by atoms with Crippen LogP contribution < -0.4 is 14.7 Å². The summed E-state index contributed by atoms with van der Waals surface area (Å²) >= 11 is 5.61. The number of fused-ring (bicyclic) bond motifs is 9. The van der Waals surface area contributed by atoms with Crippen LogP contribution in [0.4, 0.5) is 51.2 Å². The maximum atomic E-state index is 2.52. The predicted molar refractivity (Wildman–Crippen MR) is 315 cm³/mol. The van der Waals surface area contributed by atoms with Gasteiger partial charge in [0.15, 0.2) is 0 Å². The number of anilines is 9. The van der Waals surface area contributed by atoms with E-state index in [4.69, 9.17) is 0 Å². The van der Waals surface area contributed by atoms with E-state index in [2.05, 4.69) is 276 Å². The molecule has 14 aromatic rings. The third kappa shape index (κ3) is 7.22. The smallest absolute Gasteiger partial charge is 0.0661 e. The number of thiophene rings is 3. The fraction of sp³-hybridized carbons (Fsp3) is 0. The van der Waals surface area contributed by atoms with E-state index < -0.39 is 0 Å². The van der Waals surface area contributed by atoms with Crippen molar-refractivity contribution in [3.63, 3.8) is 0 Å². The highest BCUT2D eigenvalue weighted by molar-refractivity contribution is 7.27. The summed E-state index contributed by atoms with van der Waals surface area (Å²) in [6, 6.07) is 95.4. The van der Waals surface area contributed by atoms with Crippen molar-refractivity contribution >= 4 is 146 Å². The lowest BCUT2D eigenvalue weighted by atomic mass is 10.0. The first-order chi connectivity index (χ1) is 35.7. The van der Waals surface area contributed by atoms with Crippen LogP contribution in [0.2, 0.25) is 0 Å². The molecule has 0 radical (unpaired) electrons. The lowest BCUT2D eigenvalue weighted by molar-refractivity contribution is 1.28. The lowest BCUT2D eigenvalue weighted by Gasteiger charge is -2.30. The molecule has 3 nitrogen and oxygen atoms in total. The molecule has 0 fully saturated rings. The molecule has 0 aliphatic heterocycles. The van der Waals surface area contributed by atoms with E-state index in [9.17, 15) is 0 Å². The van der Waals surface area contributed by atoms with Crippen LogP contribution in [0.1, 0.15) is 0 Å². The van der Waals surface area contributed by atoms with Crippen molar-refractivity contribution in [2.75, 3.05) is 14.7 Å². The second-order valence-electron chi connectivity index (χ2n) is 18.1. The molecule has 340 valence electrons. The Morgan fingerprint density at radius 3 is 1.24 bits per heavy atom. The van der Waals surface area contributed by atoms with Gasteiger partial charge in [0.2, 0.25) is 0 Å². The van der Waals surface area contributed by atoms with Gasteiger partial charge in [-0.15, -0.1) is 34.0 Å². The maximum absolute atomic E-state index is 2.52. The zero-order chi connectivity index (χ0) is 47.5. The summed E-state index contributed by atoms with van der Waals surface area (Å²) in [5.41, 5.74) is 12.4. The standard InChI is InChI=1S/C66H43N3S3/c1-5-20-44(21-6-1)45-22-17-29-49(40-45)67(46-23-7-2-8-24-46)50-38-39-63-56(41-50)57-42-51(68(47-25-9-3-10-26-47)58-34-18-32-54-52-30-13-15-36-61(52)70-64(54)58)43-60(66(57)72-63)69(48-27-11-4-12-28-48)59-35-19-33-55-53-31-14-16-37-62(53)71-65(55)59/h1-43H. The van der Waals surface area contributed by atoms with Crippen LogP contribution >= 0.6 is 34.0 Å². The summed E-state index contributed by atoms with van der Waals surface area (Å²) in [5.74, 6) is 0. The molecule has 0 aliphatic rings. The summed E-state index contributed by atoms with van der Waals surface area (Å²) < 4.78 is 7.53. The van der Waals surface area contributed by atoms with Crippen LogP contribution in [0, 0.1) is 0 Å². The maximum Gasteiger partial charge on any atom is 0.0661 e. The number of hydrogen-bond acceptors (Lipinski definition) is 6. The van der Waals surface area contributed by atoms with E-state index in [1.165, 1.54) is 71.6 Å². The molecule has 0 spiro atoms. The summed E-state index contributed by atoms with van der Waals surface area (Å²) in [4.78, 5) is 7.41. The van der Waals surface area contributed by atoms with E-state index in [1.54, 1.807) is 0 Å². The Balaban J connectivity index is 1.07. The average molecular weight is 974 g/mol. The van der Waals surface area contributed by atoms with Crippen molar-refractivity contribution in [3.05, 3.63) is 261 Å². The van der Waals surface area contributed by atoms with Gasteiger partial charge in [-0.3, -0.25) is 0 Å². The van der Waals surface area contributed by atoms with Gasteiger partial charge in [0.1, 0.15) is 0 Å². The molecule has 3 heterocycles. The van der Waals surface area contributed by atoms with Crippen LogP contribution in [-0.2, 0) is 0 Å². The predicted octanol–water partition coefficient (Wildman–Crippen LogP) is 20.9. The third-order valence-electron chi connectivity index (χ3n) is 13.8. The van der Waals surface area contributed by atoms with Crippen molar-refractivity contribution in [3.8, 4) is 11.1 Å². The quantitative estimate of drug-likeness (QED) is 0.135. The van der Waals surface area contributed by atoms with Gasteiger partial charge in [-0.25, -0.2) is 0 Å². The van der Waals surface area contributed by atoms with Crippen molar-refractivity contribution < 1.29 is 0 Å². The van der Waals surface area contributed by atoms with E-state index >= 15 is 0 Å². The van der Waals surface area contributed by atoms with Crippen molar-refractivity contribution in [1.82, 2.24) is 0 Å². The van der Waals surface area contributed by atoms with E-state index in [1.807, 2.05) is 34.0 Å². The number of hydrogen-bond donors (Lipinski definition) is 0. The second kappa shape index (κ2) is 17.7. The van der Waals surface area contributed by atoms with Crippen molar-refractivity contribution in [2.24, 2.45) is 0 Å². The monoisotopic (exact) mass is 973 g/mol. The molecule has 72 heavy (non-hydrogen) atoms. The summed E-state index contributed by atoms with van der Waals surface area (Å²) in [7, 11) is 0. The zero-order valence-corrected chi connectivity index (χ0v) is 41.3. The molecule has 0 aliphatic carbocycles. The number of para-hydroxylation sites is 3. The van der Waals surface area contributed by atoms with Gasteiger partial charge < -0.3 is 14.7 Å². The first kappa shape index (κ1) is 42.4. The Morgan fingerprint density at radius 2 is 0.625 bits per heavy atom. The van der Waals surface area contributed by atoms with E-state index in [-0.39, 0.29) is 0 Å². The van der Waals surface area contributed by atoms with Gasteiger partial charge >= 0.3 is 0 Å². The normalized spacial score (nSPS) is 11.6. The first-order valence-corrected chi connectivity index (χ1v) is 26.7. The molecular formula is C66H43N3S3. The lowest BCUT2D eigenvalue weighted by Crippen LogP contribution is -2.13. The molecule has 6 heteroatoms. The highest BCUT2D eigenvalue weighted by atomic mass is 32.1.